The normalized spacial score (nSPS) is 18.8. The van der Waals surface area contributed by atoms with Crippen molar-refractivity contribution in [1.29, 1.82) is 0 Å². The van der Waals surface area contributed by atoms with Gasteiger partial charge in [0.2, 0.25) is 0 Å². The molecule has 1 unspecified atom stereocenters. The number of ether oxygens (including phenoxy) is 1. The zero-order chi connectivity index (χ0) is 18.6. The van der Waals surface area contributed by atoms with E-state index in [0.717, 1.165) is 34.0 Å². The molecule has 0 aromatic heterocycles. The van der Waals surface area contributed by atoms with Crippen LogP contribution in [0, 0.1) is 23.5 Å². The number of rotatable bonds is 0. The van der Waals surface area contributed by atoms with Crippen LogP contribution in [0.5, 0.6) is 5.75 Å². The molecule has 1 atom stereocenters. The number of halogens is 2. The molecular weight excluding hydrogens is 332 g/mol. The van der Waals surface area contributed by atoms with Crippen molar-refractivity contribution in [2.75, 3.05) is 5.32 Å². The minimum atomic E-state index is -0.710. The molecule has 2 aromatic rings. The number of benzene rings is 2. The lowest BCUT2D eigenvalue weighted by atomic mass is 9.82. The van der Waals surface area contributed by atoms with Crippen molar-refractivity contribution < 1.29 is 13.5 Å². The predicted octanol–water partition coefficient (Wildman–Crippen LogP) is 5.70. The molecule has 4 heteroatoms. The number of anilines is 1. The van der Waals surface area contributed by atoms with Gasteiger partial charge in [-0.2, -0.15) is 0 Å². The van der Waals surface area contributed by atoms with E-state index in [9.17, 15) is 8.78 Å². The second-order valence-corrected chi connectivity index (χ2v) is 7.28. The van der Waals surface area contributed by atoms with Crippen LogP contribution < -0.4 is 10.1 Å². The lowest BCUT2D eigenvalue weighted by molar-refractivity contribution is 0.247. The van der Waals surface area contributed by atoms with Crippen molar-refractivity contribution in [3.8, 4) is 28.7 Å². The van der Waals surface area contributed by atoms with Crippen LogP contribution in [0.25, 0.3) is 16.7 Å². The highest BCUT2D eigenvalue weighted by Gasteiger charge is 2.34. The fraction of sp³-hybridized carbons (Fsp3) is 0.273. The average molecular weight is 351 g/mol. The first-order valence-electron chi connectivity index (χ1n) is 8.54. The van der Waals surface area contributed by atoms with Crippen molar-refractivity contribution >= 4 is 11.3 Å². The fourth-order valence-electron chi connectivity index (χ4n) is 3.94. The van der Waals surface area contributed by atoms with Gasteiger partial charge >= 0.3 is 0 Å². The second-order valence-electron chi connectivity index (χ2n) is 7.28. The van der Waals surface area contributed by atoms with Gasteiger partial charge in [0.15, 0.2) is 17.7 Å². The van der Waals surface area contributed by atoms with E-state index in [1.807, 2.05) is 19.1 Å². The lowest BCUT2D eigenvalue weighted by Gasteiger charge is -2.36. The molecule has 1 N–H and O–H groups in total. The Hall–Kier alpha value is -2.80. The van der Waals surface area contributed by atoms with E-state index in [4.69, 9.17) is 4.74 Å². The SMILES string of the molecule is CC#CC1Oc2c(F)cc(F)cc2-c2ccc3c(c21)C(C)=CC(C)(C)N3. The van der Waals surface area contributed by atoms with Gasteiger partial charge in [-0.25, -0.2) is 8.78 Å². The maximum absolute atomic E-state index is 14.3. The Morgan fingerprint density at radius 1 is 1.15 bits per heavy atom. The summed E-state index contributed by atoms with van der Waals surface area (Å²) in [4.78, 5) is 0. The van der Waals surface area contributed by atoms with Gasteiger partial charge in [-0.1, -0.05) is 18.1 Å². The zero-order valence-electron chi connectivity index (χ0n) is 15.1. The highest BCUT2D eigenvalue weighted by Crippen LogP contribution is 2.49. The van der Waals surface area contributed by atoms with E-state index >= 15 is 0 Å². The smallest absolute Gasteiger partial charge is 0.185 e. The summed E-state index contributed by atoms with van der Waals surface area (Å²) < 4.78 is 34.1. The Labute approximate surface area is 151 Å². The highest BCUT2D eigenvalue weighted by atomic mass is 19.1. The molecule has 2 nitrogen and oxygen atoms in total. The molecule has 132 valence electrons. The summed E-state index contributed by atoms with van der Waals surface area (Å²) in [6.07, 6.45) is 1.54. The molecule has 0 bridgehead atoms. The van der Waals surface area contributed by atoms with Crippen molar-refractivity contribution in [3.63, 3.8) is 0 Å². The van der Waals surface area contributed by atoms with Crippen LogP contribution in [0.2, 0.25) is 0 Å². The molecule has 0 radical (unpaired) electrons. The van der Waals surface area contributed by atoms with Crippen molar-refractivity contribution in [3.05, 3.63) is 53.1 Å². The maximum atomic E-state index is 14.3. The molecule has 0 fully saturated rings. The summed E-state index contributed by atoms with van der Waals surface area (Å²) in [5.41, 5.74) is 4.91. The second kappa shape index (κ2) is 5.60. The Bertz CT molecular complexity index is 1020. The summed E-state index contributed by atoms with van der Waals surface area (Å²) in [5, 5.41) is 3.50. The van der Waals surface area contributed by atoms with E-state index in [0.29, 0.717) is 5.56 Å². The molecule has 4 rings (SSSR count). The summed E-state index contributed by atoms with van der Waals surface area (Å²) in [6, 6.07) is 6.01. The number of hydrogen-bond acceptors (Lipinski definition) is 2. The minimum Gasteiger partial charge on any atom is -0.469 e. The zero-order valence-corrected chi connectivity index (χ0v) is 15.1. The molecule has 2 aliphatic rings. The first-order valence-corrected chi connectivity index (χ1v) is 8.54. The van der Waals surface area contributed by atoms with Crippen LogP contribution in [0.3, 0.4) is 0 Å². The van der Waals surface area contributed by atoms with Crippen LogP contribution in [0.4, 0.5) is 14.5 Å². The topological polar surface area (TPSA) is 21.3 Å². The molecule has 0 saturated carbocycles. The van der Waals surface area contributed by atoms with Gasteiger partial charge < -0.3 is 10.1 Å². The van der Waals surface area contributed by atoms with E-state index in [-0.39, 0.29) is 11.3 Å². The average Bonchev–Trinajstić information content (AvgIpc) is 2.54. The minimum absolute atomic E-state index is 0.0531. The van der Waals surface area contributed by atoms with Crippen LogP contribution in [-0.2, 0) is 0 Å². The first kappa shape index (κ1) is 16.7. The van der Waals surface area contributed by atoms with Gasteiger partial charge in [0.1, 0.15) is 5.82 Å². The van der Waals surface area contributed by atoms with Crippen molar-refractivity contribution in [2.24, 2.45) is 0 Å². The molecule has 2 heterocycles. The molecule has 2 aliphatic heterocycles. The Morgan fingerprint density at radius 2 is 1.92 bits per heavy atom. The number of nitrogens with one attached hydrogen (secondary N) is 1. The van der Waals surface area contributed by atoms with Crippen molar-refractivity contribution in [1.82, 2.24) is 0 Å². The highest BCUT2D eigenvalue weighted by molar-refractivity contribution is 5.90. The van der Waals surface area contributed by atoms with E-state index in [1.54, 1.807) is 6.92 Å². The number of fused-ring (bicyclic) bond motifs is 5. The Balaban J connectivity index is 2.06. The van der Waals surface area contributed by atoms with Gasteiger partial charge in [0.25, 0.3) is 0 Å². The molecule has 2 aromatic carbocycles. The maximum Gasteiger partial charge on any atom is 0.185 e. The fourth-order valence-corrected chi connectivity index (χ4v) is 3.94. The third kappa shape index (κ3) is 2.47. The molecular formula is C22H19F2NO. The van der Waals surface area contributed by atoms with Gasteiger partial charge in [0, 0.05) is 28.4 Å². The van der Waals surface area contributed by atoms with E-state index in [1.165, 1.54) is 6.07 Å². The Kier molecular flexibility index (Phi) is 3.59. The predicted molar refractivity (Wildman–Crippen MR) is 100.0 cm³/mol. The lowest BCUT2D eigenvalue weighted by Crippen LogP contribution is -2.32. The standard InChI is InChI=1S/C22H19F2NO/c1-5-6-18-20-14(15-9-13(23)10-16(24)21(15)26-18)7-8-17-19(20)12(2)11-22(3,4)25-17/h7-11,18,25H,1-4H3. The van der Waals surface area contributed by atoms with Gasteiger partial charge in [-0.15, -0.1) is 5.92 Å². The largest absolute Gasteiger partial charge is 0.469 e. The van der Waals surface area contributed by atoms with Crippen LogP contribution >= 0.6 is 0 Å². The summed E-state index contributed by atoms with van der Waals surface area (Å²) >= 11 is 0. The molecule has 0 saturated heterocycles. The van der Waals surface area contributed by atoms with Crippen LogP contribution in [-0.4, -0.2) is 5.54 Å². The van der Waals surface area contributed by atoms with Gasteiger partial charge in [-0.3, -0.25) is 0 Å². The summed E-state index contributed by atoms with van der Waals surface area (Å²) in [5.74, 6) is 4.61. The molecule has 0 amide bonds. The van der Waals surface area contributed by atoms with E-state index in [2.05, 4.69) is 37.1 Å². The molecule has 0 spiro atoms. The van der Waals surface area contributed by atoms with Crippen molar-refractivity contribution in [2.45, 2.75) is 39.3 Å². The number of allylic oxidation sites excluding steroid dienone is 1. The monoisotopic (exact) mass is 351 g/mol. The van der Waals surface area contributed by atoms with Gasteiger partial charge in [0.05, 0.1) is 5.54 Å². The van der Waals surface area contributed by atoms with Gasteiger partial charge in [-0.05, 0) is 51.0 Å². The third-order valence-corrected chi connectivity index (χ3v) is 4.75. The first-order chi connectivity index (χ1) is 12.3. The van der Waals surface area contributed by atoms with Crippen LogP contribution in [0.15, 0.2) is 30.3 Å². The van der Waals surface area contributed by atoms with Crippen LogP contribution in [0.1, 0.15) is 44.9 Å². The third-order valence-electron chi connectivity index (χ3n) is 4.75. The molecule has 0 aliphatic carbocycles. The quantitative estimate of drug-likeness (QED) is 0.615. The van der Waals surface area contributed by atoms with E-state index < -0.39 is 17.7 Å². The number of hydrogen-bond donors (Lipinski definition) is 1. The molecule has 26 heavy (non-hydrogen) atoms. The summed E-state index contributed by atoms with van der Waals surface area (Å²) in [6.45, 7) is 7.95. The Morgan fingerprint density at radius 3 is 2.65 bits per heavy atom. The summed E-state index contributed by atoms with van der Waals surface area (Å²) in [7, 11) is 0.